The Hall–Kier alpha value is -2.93. The molecule has 26 heavy (non-hydrogen) atoms. The van der Waals surface area contributed by atoms with Crippen LogP contribution >= 0.6 is 0 Å². The van der Waals surface area contributed by atoms with Gasteiger partial charge in [-0.1, -0.05) is 6.07 Å². The van der Waals surface area contributed by atoms with Gasteiger partial charge in [0, 0.05) is 38.3 Å². The monoisotopic (exact) mass is 355 g/mol. The molecule has 1 N–H and O–H groups in total. The second kappa shape index (κ2) is 7.53. The van der Waals surface area contributed by atoms with Gasteiger partial charge in [0.1, 0.15) is 12.2 Å². The highest BCUT2D eigenvalue weighted by atomic mass is 16.5. The molecule has 0 atom stereocenters. The van der Waals surface area contributed by atoms with Crippen molar-refractivity contribution in [3.63, 3.8) is 0 Å². The smallest absolute Gasteiger partial charge is 0.263 e. The number of methoxy groups -OCH3 is 1. The van der Waals surface area contributed by atoms with E-state index in [4.69, 9.17) is 4.74 Å². The highest BCUT2D eigenvalue weighted by Gasteiger charge is 2.23. The molecule has 1 aromatic carbocycles. The molecule has 7 nitrogen and oxygen atoms in total. The van der Waals surface area contributed by atoms with Gasteiger partial charge in [0.2, 0.25) is 0 Å². The zero-order valence-electron chi connectivity index (χ0n) is 14.8. The third kappa shape index (κ3) is 3.52. The second-order valence-corrected chi connectivity index (χ2v) is 6.22. The van der Waals surface area contributed by atoms with Crippen LogP contribution in [-0.2, 0) is 23.0 Å². The Morgan fingerprint density at radius 2 is 2.08 bits per heavy atom. The fraction of sp³-hybridized carbons (Fsp3) is 0.316. The van der Waals surface area contributed by atoms with Crippen molar-refractivity contribution in [2.45, 2.75) is 12.8 Å². The molecule has 1 aliphatic heterocycles. The number of ether oxygens (including phenoxy) is 1. The first kappa shape index (κ1) is 17.9. The molecule has 1 aromatic heterocycles. The topological polar surface area (TPSA) is 80.6 Å². The summed E-state index contributed by atoms with van der Waals surface area (Å²) >= 11 is 0. The molecule has 0 fully saturated rings. The van der Waals surface area contributed by atoms with Gasteiger partial charge in [0.15, 0.2) is 0 Å². The SMILES string of the molecule is COCC(=O)N1CCCc2ccc(NC(=O)c3cccn(C)c3=O)cc21. The maximum Gasteiger partial charge on any atom is 0.263 e. The largest absolute Gasteiger partial charge is 0.375 e. The molecule has 0 bridgehead atoms. The maximum absolute atomic E-state index is 12.4. The van der Waals surface area contributed by atoms with Crippen LogP contribution in [0.4, 0.5) is 11.4 Å². The molecule has 2 amide bonds. The lowest BCUT2D eigenvalue weighted by molar-refractivity contribution is -0.122. The van der Waals surface area contributed by atoms with E-state index in [1.165, 1.54) is 17.7 Å². The zero-order valence-corrected chi connectivity index (χ0v) is 14.8. The number of aromatic nitrogens is 1. The van der Waals surface area contributed by atoms with E-state index in [9.17, 15) is 14.4 Å². The van der Waals surface area contributed by atoms with Crippen LogP contribution in [0.2, 0.25) is 0 Å². The number of carbonyl (C=O) groups is 2. The number of nitrogens with zero attached hydrogens (tertiary/aromatic N) is 2. The summed E-state index contributed by atoms with van der Waals surface area (Å²) in [6.45, 7) is 0.627. The molecule has 0 spiro atoms. The van der Waals surface area contributed by atoms with E-state index in [1.54, 1.807) is 36.3 Å². The first-order chi connectivity index (χ1) is 12.5. The van der Waals surface area contributed by atoms with Gasteiger partial charge in [-0.25, -0.2) is 0 Å². The van der Waals surface area contributed by atoms with Gasteiger partial charge in [-0.15, -0.1) is 0 Å². The number of aryl methyl sites for hydroxylation is 2. The van der Waals surface area contributed by atoms with E-state index in [0.717, 1.165) is 24.1 Å². The molecule has 0 saturated carbocycles. The molecule has 7 heteroatoms. The quantitative estimate of drug-likeness (QED) is 0.903. The van der Waals surface area contributed by atoms with Gasteiger partial charge in [0.05, 0.1) is 0 Å². The molecule has 136 valence electrons. The maximum atomic E-state index is 12.4. The van der Waals surface area contributed by atoms with Crippen molar-refractivity contribution in [1.82, 2.24) is 4.57 Å². The van der Waals surface area contributed by atoms with Crippen molar-refractivity contribution in [2.75, 3.05) is 30.5 Å². The molecule has 0 aliphatic carbocycles. The Labute approximate surface area is 151 Å². The van der Waals surface area contributed by atoms with Crippen molar-refractivity contribution in [3.8, 4) is 0 Å². The average molecular weight is 355 g/mol. The van der Waals surface area contributed by atoms with Gasteiger partial charge in [-0.2, -0.15) is 0 Å². The fourth-order valence-electron chi connectivity index (χ4n) is 3.08. The van der Waals surface area contributed by atoms with Crippen LogP contribution in [0.1, 0.15) is 22.3 Å². The minimum Gasteiger partial charge on any atom is -0.375 e. The minimum atomic E-state index is -0.475. The summed E-state index contributed by atoms with van der Waals surface area (Å²) in [6.07, 6.45) is 3.35. The molecule has 0 radical (unpaired) electrons. The van der Waals surface area contributed by atoms with Crippen molar-refractivity contribution >= 4 is 23.2 Å². The van der Waals surface area contributed by atoms with E-state index in [2.05, 4.69) is 5.32 Å². The third-order valence-corrected chi connectivity index (χ3v) is 4.40. The van der Waals surface area contributed by atoms with Crippen molar-refractivity contribution in [1.29, 1.82) is 0 Å². The fourth-order valence-corrected chi connectivity index (χ4v) is 3.08. The number of hydrogen-bond acceptors (Lipinski definition) is 4. The second-order valence-electron chi connectivity index (χ2n) is 6.22. The van der Waals surface area contributed by atoms with Gasteiger partial charge >= 0.3 is 0 Å². The van der Waals surface area contributed by atoms with Crippen LogP contribution in [-0.4, -0.2) is 36.6 Å². The Kier molecular flexibility index (Phi) is 5.18. The van der Waals surface area contributed by atoms with Crippen molar-refractivity contribution in [3.05, 3.63) is 58.0 Å². The summed E-state index contributed by atoms with van der Waals surface area (Å²) in [6, 6.07) is 8.60. The molecule has 0 unspecified atom stereocenters. The molecule has 3 rings (SSSR count). The van der Waals surface area contributed by atoms with E-state index in [1.807, 2.05) is 6.07 Å². The minimum absolute atomic E-state index is 0.0100. The molecular formula is C19H21N3O4. The Bertz CT molecular complexity index is 904. The number of nitrogens with one attached hydrogen (secondary N) is 1. The average Bonchev–Trinajstić information content (AvgIpc) is 2.63. The number of hydrogen-bond donors (Lipinski definition) is 1. The summed E-state index contributed by atoms with van der Waals surface area (Å²) in [4.78, 5) is 38.5. The van der Waals surface area contributed by atoms with E-state index in [0.29, 0.717) is 12.2 Å². The predicted molar refractivity (Wildman–Crippen MR) is 98.6 cm³/mol. The molecule has 0 saturated heterocycles. The third-order valence-electron chi connectivity index (χ3n) is 4.40. The number of benzene rings is 1. The van der Waals surface area contributed by atoms with Gasteiger partial charge in [-0.3, -0.25) is 14.4 Å². The number of carbonyl (C=O) groups excluding carboxylic acids is 2. The van der Waals surface area contributed by atoms with Gasteiger partial charge in [-0.05, 0) is 42.7 Å². The summed E-state index contributed by atoms with van der Waals surface area (Å²) in [5.41, 5.74) is 2.07. The number of anilines is 2. The van der Waals surface area contributed by atoms with E-state index < -0.39 is 5.91 Å². The molecule has 2 heterocycles. The van der Waals surface area contributed by atoms with Crippen LogP contribution in [0.15, 0.2) is 41.3 Å². The summed E-state index contributed by atoms with van der Waals surface area (Å²) in [5, 5.41) is 2.75. The van der Waals surface area contributed by atoms with Crippen molar-refractivity contribution < 1.29 is 14.3 Å². The summed E-state index contributed by atoms with van der Waals surface area (Å²) < 4.78 is 6.30. The van der Waals surface area contributed by atoms with Crippen LogP contribution in [0.5, 0.6) is 0 Å². The Morgan fingerprint density at radius 3 is 2.85 bits per heavy atom. The molecular weight excluding hydrogens is 334 g/mol. The molecule has 2 aromatic rings. The molecule has 1 aliphatic rings. The Morgan fingerprint density at radius 1 is 1.27 bits per heavy atom. The van der Waals surface area contributed by atoms with Gasteiger partial charge in [0.25, 0.3) is 17.4 Å². The number of amides is 2. The van der Waals surface area contributed by atoms with Crippen LogP contribution in [0, 0.1) is 0 Å². The van der Waals surface area contributed by atoms with E-state index in [-0.39, 0.29) is 23.6 Å². The lowest BCUT2D eigenvalue weighted by atomic mass is 10.0. The first-order valence-electron chi connectivity index (χ1n) is 8.40. The first-order valence-corrected chi connectivity index (χ1v) is 8.40. The number of rotatable bonds is 4. The number of fused-ring (bicyclic) bond motifs is 1. The van der Waals surface area contributed by atoms with Crippen LogP contribution < -0.4 is 15.8 Å². The normalized spacial score (nSPS) is 13.2. The highest BCUT2D eigenvalue weighted by Crippen LogP contribution is 2.30. The Balaban J connectivity index is 1.87. The zero-order chi connectivity index (χ0) is 18.7. The number of pyridine rings is 1. The van der Waals surface area contributed by atoms with Gasteiger partial charge < -0.3 is 19.5 Å². The predicted octanol–water partition coefficient (Wildman–Crippen LogP) is 1.56. The van der Waals surface area contributed by atoms with E-state index >= 15 is 0 Å². The lowest BCUT2D eigenvalue weighted by Gasteiger charge is -2.29. The van der Waals surface area contributed by atoms with Crippen LogP contribution in [0.3, 0.4) is 0 Å². The highest BCUT2D eigenvalue weighted by molar-refractivity contribution is 6.04. The van der Waals surface area contributed by atoms with Crippen molar-refractivity contribution in [2.24, 2.45) is 7.05 Å². The lowest BCUT2D eigenvalue weighted by Crippen LogP contribution is -2.37. The summed E-state index contributed by atoms with van der Waals surface area (Å²) in [5.74, 6) is -0.592. The van der Waals surface area contributed by atoms with Crippen LogP contribution in [0.25, 0.3) is 0 Å². The summed E-state index contributed by atoms with van der Waals surface area (Å²) in [7, 11) is 3.08. The standard InChI is InChI=1S/C19H21N3O4/c1-21-9-4-6-15(19(21)25)18(24)20-14-8-7-13-5-3-10-22(16(13)11-14)17(23)12-26-2/h4,6-9,11H,3,5,10,12H2,1-2H3,(H,20,24).